The monoisotopic (exact) mass is 281 g/mol. The summed E-state index contributed by atoms with van der Waals surface area (Å²) in [7, 11) is 0. The molecule has 4 heteroatoms. The maximum atomic E-state index is 12.1. The van der Waals surface area contributed by atoms with Gasteiger partial charge in [-0.15, -0.1) is 0 Å². The second kappa shape index (κ2) is 4.46. The van der Waals surface area contributed by atoms with E-state index in [2.05, 4.69) is 12.6 Å². The zero-order chi connectivity index (χ0) is 12.8. The lowest BCUT2D eigenvalue weighted by Gasteiger charge is -2.43. The van der Waals surface area contributed by atoms with Crippen molar-refractivity contribution in [1.29, 1.82) is 0 Å². The zero-order valence-electron chi connectivity index (χ0n) is 10.2. The summed E-state index contributed by atoms with van der Waals surface area (Å²) in [6.07, 6.45) is 4.12. The van der Waals surface area contributed by atoms with Crippen LogP contribution in [0, 0.1) is 5.41 Å². The third-order valence-corrected chi connectivity index (χ3v) is 5.13. The molecule has 1 aromatic carbocycles. The molecular weight excluding hydrogens is 266 g/mol. The second-order valence-electron chi connectivity index (χ2n) is 5.44. The lowest BCUT2D eigenvalue weighted by atomic mass is 9.70. The highest BCUT2D eigenvalue weighted by Gasteiger charge is 2.40. The number of benzene rings is 1. The van der Waals surface area contributed by atoms with Gasteiger partial charge in [0.15, 0.2) is 0 Å². The molecule has 0 N–H and O–H groups in total. The van der Waals surface area contributed by atoms with Gasteiger partial charge in [-0.3, -0.25) is 4.79 Å². The Morgan fingerprint density at radius 2 is 2.17 bits per heavy atom. The van der Waals surface area contributed by atoms with Crippen LogP contribution in [-0.2, 0) is 11.2 Å². The SMILES string of the molecule is O=C1Cc2ccc(Cl)cc2N1CC1(CS)CCC1. The van der Waals surface area contributed by atoms with Gasteiger partial charge in [-0.2, -0.15) is 12.6 Å². The lowest BCUT2D eigenvalue weighted by molar-refractivity contribution is -0.117. The second-order valence-corrected chi connectivity index (χ2v) is 6.19. The van der Waals surface area contributed by atoms with Crippen LogP contribution in [0.2, 0.25) is 5.02 Å². The summed E-state index contributed by atoms with van der Waals surface area (Å²) in [5.41, 5.74) is 2.32. The summed E-state index contributed by atoms with van der Waals surface area (Å²) in [6, 6.07) is 5.73. The molecule has 1 aliphatic heterocycles. The average Bonchev–Trinajstić information content (AvgIpc) is 2.60. The van der Waals surface area contributed by atoms with Gasteiger partial charge in [0.25, 0.3) is 0 Å². The lowest BCUT2D eigenvalue weighted by Crippen LogP contribution is -2.45. The van der Waals surface area contributed by atoms with Gasteiger partial charge in [0, 0.05) is 17.3 Å². The summed E-state index contributed by atoms with van der Waals surface area (Å²) in [5.74, 6) is 1.05. The normalized spacial score (nSPS) is 20.8. The first-order valence-electron chi connectivity index (χ1n) is 6.33. The smallest absolute Gasteiger partial charge is 0.231 e. The molecular formula is C14H16ClNOS. The van der Waals surface area contributed by atoms with Crippen molar-refractivity contribution in [3.63, 3.8) is 0 Å². The number of hydrogen-bond donors (Lipinski definition) is 1. The Morgan fingerprint density at radius 3 is 2.78 bits per heavy atom. The molecule has 0 radical (unpaired) electrons. The maximum absolute atomic E-state index is 12.1. The third-order valence-electron chi connectivity index (χ3n) is 4.22. The highest BCUT2D eigenvalue weighted by Crippen LogP contribution is 2.44. The van der Waals surface area contributed by atoms with Crippen LogP contribution in [0.5, 0.6) is 0 Å². The number of hydrogen-bond acceptors (Lipinski definition) is 2. The number of carbonyl (C=O) groups excluding carboxylic acids is 1. The van der Waals surface area contributed by atoms with Crippen LogP contribution in [-0.4, -0.2) is 18.2 Å². The Bertz CT molecular complexity index is 493. The van der Waals surface area contributed by atoms with E-state index in [1.165, 1.54) is 19.3 Å². The van der Waals surface area contributed by atoms with Gasteiger partial charge in [-0.25, -0.2) is 0 Å². The molecule has 1 aromatic rings. The van der Waals surface area contributed by atoms with Crippen molar-refractivity contribution in [3.8, 4) is 0 Å². The fourth-order valence-electron chi connectivity index (χ4n) is 2.88. The molecule has 2 nitrogen and oxygen atoms in total. The molecule has 1 saturated carbocycles. The first-order chi connectivity index (χ1) is 8.63. The molecule has 0 bridgehead atoms. The van der Waals surface area contributed by atoms with E-state index in [0.717, 1.165) is 23.5 Å². The van der Waals surface area contributed by atoms with Gasteiger partial charge in [0.1, 0.15) is 0 Å². The van der Waals surface area contributed by atoms with Crippen molar-refractivity contribution in [2.45, 2.75) is 25.7 Å². The molecule has 0 atom stereocenters. The van der Waals surface area contributed by atoms with E-state index < -0.39 is 0 Å². The van der Waals surface area contributed by atoms with E-state index in [9.17, 15) is 4.79 Å². The van der Waals surface area contributed by atoms with E-state index >= 15 is 0 Å². The Kier molecular flexibility index (Phi) is 3.07. The summed E-state index contributed by atoms with van der Waals surface area (Å²) in [6.45, 7) is 0.794. The first kappa shape index (κ1) is 12.4. The minimum Gasteiger partial charge on any atom is -0.311 e. The molecule has 2 aliphatic rings. The molecule has 1 fully saturated rings. The van der Waals surface area contributed by atoms with E-state index in [4.69, 9.17) is 11.6 Å². The molecule has 96 valence electrons. The van der Waals surface area contributed by atoms with Gasteiger partial charge in [-0.1, -0.05) is 24.1 Å². The predicted octanol–water partition coefficient (Wildman–Crippen LogP) is 3.33. The molecule has 0 unspecified atom stereocenters. The van der Waals surface area contributed by atoms with Crippen molar-refractivity contribution in [3.05, 3.63) is 28.8 Å². The van der Waals surface area contributed by atoms with Gasteiger partial charge in [-0.05, 0) is 41.7 Å². The van der Waals surface area contributed by atoms with E-state index in [0.29, 0.717) is 11.4 Å². The Balaban J connectivity index is 1.89. The van der Waals surface area contributed by atoms with Gasteiger partial charge < -0.3 is 4.90 Å². The van der Waals surface area contributed by atoms with E-state index in [1.54, 1.807) is 0 Å². The van der Waals surface area contributed by atoms with E-state index in [-0.39, 0.29) is 11.3 Å². The van der Waals surface area contributed by atoms with Crippen molar-refractivity contribution < 1.29 is 4.79 Å². The fourth-order valence-corrected chi connectivity index (χ4v) is 3.46. The number of nitrogens with zero attached hydrogens (tertiary/aromatic N) is 1. The van der Waals surface area contributed by atoms with E-state index in [1.807, 2.05) is 23.1 Å². The average molecular weight is 282 g/mol. The van der Waals surface area contributed by atoms with Crippen LogP contribution in [0.25, 0.3) is 0 Å². The third kappa shape index (κ3) is 1.94. The van der Waals surface area contributed by atoms with Crippen molar-refractivity contribution >= 4 is 35.8 Å². The number of thiol groups is 1. The number of fused-ring (bicyclic) bond motifs is 1. The van der Waals surface area contributed by atoms with Crippen LogP contribution in [0.1, 0.15) is 24.8 Å². The molecule has 1 aliphatic carbocycles. The van der Waals surface area contributed by atoms with Crippen molar-refractivity contribution in [1.82, 2.24) is 0 Å². The van der Waals surface area contributed by atoms with Crippen LogP contribution in [0.15, 0.2) is 18.2 Å². The van der Waals surface area contributed by atoms with Crippen LogP contribution in [0.4, 0.5) is 5.69 Å². The quantitative estimate of drug-likeness (QED) is 0.843. The molecule has 1 amide bonds. The highest BCUT2D eigenvalue weighted by atomic mass is 35.5. The molecule has 0 spiro atoms. The maximum Gasteiger partial charge on any atom is 0.231 e. The molecule has 0 aromatic heterocycles. The summed E-state index contributed by atoms with van der Waals surface area (Å²) >= 11 is 10.5. The van der Waals surface area contributed by atoms with Gasteiger partial charge >= 0.3 is 0 Å². The van der Waals surface area contributed by atoms with Crippen LogP contribution < -0.4 is 4.90 Å². The van der Waals surface area contributed by atoms with Crippen molar-refractivity contribution in [2.75, 3.05) is 17.2 Å². The van der Waals surface area contributed by atoms with Gasteiger partial charge in [0.2, 0.25) is 5.91 Å². The summed E-state index contributed by atoms with van der Waals surface area (Å²) in [4.78, 5) is 14.0. The summed E-state index contributed by atoms with van der Waals surface area (Å²) < 4.78 is 0. The Morgan fingerprint density at radius 1 is 1.39 bits per heavy atom. The first-order valence-corrected chi connectivity index (χ1v) is 7.34. The number of carbonyl (C=O) groups is 1. The zero-order valence-corrected chi connectivity index (χ0v) is 11.8. The van der Waals surface area contributed by atoms with Gasteiger partial charge in [0.05, 0.1) is 6.42 Å². The Labute approximate surface area is 118 Å². The highest BCUT2D eigenvalue weighted by molar-refractivity contribution is 7.80. The largest absolute Gasteiger partial charge is 0.311 e. The molecule has 0 saturated heterocycles. The molecule has 3 rings (SSSR count). The molecule has 1 heterocycles. The van der Waals surface area contributed by atoms with Crippen molar-refractivity contribution in [2.24, 2.45) is 5.41 Å². The number of halogens is 1. The number of amides is 1. The fraction of sp³-hybridized carbons (Fsp3) is 0.500. The van der Waals surface area contributed by atoms with Crippen LogP contribution in [0.3, 0.4) is 0 Å². The number of rotatable bonds is 3. The van der Waals surface area contributed by atoms with Crippen LogP contribution >= 0.6 is 24.2 Å². The predicted molar refractivity (Wildman–Crippen MR) is 77.6 cm³/mol. The summed E-state index contributed by atoms with van der Waals surface area (Å²) in [5, 5.41) is 0.696. The molecule has 18 heavy (non-hydrogen) atoms. The minimum atomic E-state index is 0.195. The minimum absolute atomic E-state index is 0.195. The Hall–Kier alpha value is -0.670. The standard InChI is InChI=1S/C14H16ClNOS/c15-11-3-2-10-6-13(17)16(12(10)7-11)8-14(9-18)4-1-5-14/h2-3,7,18H,1,4-6,8-9H2. The number of anilines is 1. The topological polar surface area (TPSA) is 20.3 Å².